The lowest BCUT2D eigenvalue weighted by atomic mass is 9.98. The molecule has 0 spiro atoms. The van der Waals surface area contributed by atoms with Crippen LogP contribution in [-0.2, 0) is 16.0 Å². The van der Waals surface area contributed by atoms with Crippen molar-refractivity contribution in [1.29, 1.82) is 0 Å². The Balaban J connectivity index is 1.94. The lowest BCUT2D eigenvalue weighted by molar-refractivity contribution is -0.146. The lowest BCUT2D eigenvalue weighted by Gasteiger charge is -2.24. The molecule has 0 aliphatic carbocycles. The van der Waals surface area contributed by atoms with Gasteiger partial charge in [-0.1, -0.05) is 29.3 Å². The van der Waals surface area contributed by atoms with Crippen molar-refractivity contribution in [3.63, 3.8) is 0 Å². The molecule has 0 saturated carbocycles. The number of nitrogens with one attached hydrogen (secondary N) is 1. The minimum atomic E-state index is -1.07. The number of aryl methyl sites for hydroxylation is 3. The fraction of sp³-hybridized carbons (Fsp3) is 0.500. The summed E-state index contributed by atoms with van der Waals surface area (Å²) in [7, 11) is 0. The third-order valence-electron chi connectivity index (χ3n) is 3.73. The van der Waals surface area contributed by atoms with Crippen molar-refractivity contribution < 1.29 is 14.7 Å². The van der Waals surface area contributed by atoms with E-state index in [1.165, 1.54) is 11.1 Å². The molecule has 2 rings (SSSR count). The van der Waals surface area contributed by atoms with Gasteiger partial charge in [0.1, 0.15) is 5.54 Å². The van der Waals surface area contributed by atoms with Crippen LogP contribution in [0.3, 0.4) is 0 Å². The van der Waals surface area contributed by atoms with Gasteiger partial charge < -0.3 is 10.4 Å². The van der Waals surface area contributed by atoms with Gasteiger partial charge in [0, 0.05) is 12.2 Å². The molecule has 1 heterocycles. The monoisotopic (exact) mass is 307 g/mol. The predicted molar refractivity (Wildman–Crippen MR) is 84.7 cm³/mol. The summed E-state index contributed by atoms with van der Waals surface area (Å²) >= 11 is 1.57. The molecule has 1 amide bonds. The molecule has 4 nitrogen and oxygen atoms in total. The number of carbonyl (C=O) groups excluding carboxylic acids is 1. The van der Waals surface area contributed by atoms with E-state index in [1.54, 1.807) is 11.8 Å². The van der Waals surface area contributed by atoms with Crippen LogP contribution in [0.25, 0.3) is 0 Å². The van der Waals surface area contributed by atoms with Gasteiger partial charge in [-0.15, -0.1) is 0 Å². The van der Waals surface area contributed by atoms with E-state index in [-0.39, 0.29) is 5.91 Å². The highest BCUT2D eigenvalue weighted by Crippen LogP contribution is 2.28. The van der Waals surface area contributed by atoms with Gasteiger partial charge in [-0.2, -0.15) is 11.8 Å². The second-order valence-corrected chi connectivity index (χ2v) is 6.84. The van der Waals surface area contributed by atoms with Crippen molar-refractivity contribution in [2.75, 3.05) is 11.5 Å². The second kappa shape index (κ2) is 6.52. The molecule has 0 radical (unpaired) electrons. The zero-order valence-corrected chi connectivity index (χ0v) is 13.3. The molecule has 21 heavy (non-hydrogen) atoms. The van der Waals surface area contributed by atoms with E-state index in [0.29, 0.717) is 25.0 Å². The highest BCUT2D eigenvalue weighted by Gasteiger charge is 2.43. The number of amides is 1. The maximum atomic E-state index is 12.1. The van der Waals surface area contributed by atoms with Gasteiger partial charge in [-0.3, -0.25) is 4.79 Å². The molecule has 114 valence electrons. The van der Waals surface area contributed by atoms with Crippen molar-refractivity contribution in [1.82, 2.24) is 5.32 Å². The minimum Gasteiger partial charge on any atom is -0.479 e. The molecular weight excluding hydrogens is 286 g/mol. The van der Waals surface area contributed by atoms with Crippen LogP contribution in [0.2, 0.25) is 0 Å². The first-order chi connectivity index (χ1) is 9.91. The first-order valence-corrected chi connectivity index (χ1v) is 8.26. The molecule has 0 aromatic heterocycles. The van der Waals surface area contributed by atoms with Gasteiger partial charge in [0.05, 0.1) is 0 Å². The topological polar surface area (TPSA) is 66.4 Å². The number of carboxylic acids is 1. The number of carbonyl (C=O) groups is 2. The molecule has 1 fully saturated rings. The fourth-order valence-corrected chi connectivity index (χ4v) is 4.01. The summed E-state index contributed by atoms with van der Waals surface area (Å²) in [6.07, 6.45) is 1.46. The van der Waals surface area contributed by atoms with Crippen LogP contribution >= 0.6 is 11.8 Å². The number of aliphatic carboxylic acids is 1. The number of carboxylic acid groups (broad SMARTS) is 1. The zero-order valence-electron chi connectivity index (χ0n) is 12.4. The van der Waals surface area contributed by atoms with Gasteiger partial charge in [0.15, 0.2) is 0 Å². The van der Waals surface area contributed by atoms with E-state index < -0.39 is 11.5 Å². The third kappa shape index (κ3) is 4.00. The quantitative estimate of drug-likeness (QED) is 0.876. The Labute approximate surface area is 129 Å². The highest BCUT2D eigenvalue weighted by atomic mass is 32.2. The molecule has 1 aliphatic heterocycles. The summed E-state index contributed by atoms with van der Waals surface area (Å²) in [4.78, 5) is 23.5. The highest BCUT2D eigenvalue weighted by molar-refractivity contribution is 7.99. The summed E-state index contributed by atoms with van der Waals surface area (Å²) in [5.41, 5.74) is 2.41. The van der Waals surface area contributed by atoms with Crippen LogP contribution in [0.5, 0.6) is 0 Å². The van der Waals surface area contributed by atoms with E-state index >= 15 is 0 Å². The molecule has 1 saturated heterocycles. The summed E-state index contributed by atoms with van der Waals surface area (Å²) in [6, 6.07) is 6.23. The Morgan fingerprint density at radius 3 is 2.48 bits per heavy atom. The number of hydrogen-bond acceptors (Lipinski definition) is 3. The van der Waals surface area contributed by atoms with Crippen LogP contribution in [0.1, 0.15) is 29.5 Å². The molecule has 1 aliphatic rings. The standard InChI is InChI=1S/C16H21NO3S/c1-11-7-12(2)9-13(8-11)3-4-14(18)17-16(15(19)20)5-6-21-10-16/h7-9H,3-6,10H2,1-2H3,(H,17,18)(H,19,20). The third-order valence-corrected chi connectivity index (χ3v) is 4.92. The number of hydrogen-bond donors (Lipinski definition) is 2. The van der Waals surface area contributed by atoms with Crippen molar-refractivity contribution in [3.05, 3.63) is 34.9 Å². The maximum Gasteiger partial charge on any atom is 0.330 e. The SMILES string of the molecule is Cc1cc(C)cc(CCC(=O)NC2(C(=O)O)CCSC2)c1. The Kier molecular flexibility index (Phi) is 4.93. The summed E-state index contributed by atoms with van der Waals surface area (Å²) < 4.78 is 0. The normalized spacial score (nSPS) is 21.2. The number of thioether (sulfide) groups is 1. The number of benzene rings is 1. The van der Waals surface area contributed by atoms with Gasteiger partial charge in [-0.05, 0) is 38.0 Å². The van der Waals surface area contributed by atoms with Gasteiger partial charge in [0.25, 0.3) is 0 Å². The molecule has 1 atom stereocenters. The van der Waals surface area contributed by atoms with Crippen molar-refractivity contribution in [2.45, 2.75) is 38.6 Å². The average Bonchev–Trinajstić information content (AvgIpc) is 2.85. The summed E-state index contributed by atoms with van der Waals surface area (Å²) in [6.45, 7) is 4.07. The Bertz CT molecular complexity index is 530. The minimum absolute atomic E-state index is 0.181. The molecule has 1 aromatic carbocycles. The molecule has 1 aromatic rings. The van der Waals surface area contributed by atoms with E-state index in [2.05, 4.69) is 23.5 Å². The Morgan fingerprint density at radius 2 is 1.95 bits per heavy atom. The first-order valence-electron chi connectivity index (χ1n) is 7.11. The van der Waals surface area contributed by atoms with E-state index in [1.807, 2.05) is 13.8 Å². The lowest BCUT2D eigenvalue weighted by Crippen LogP contribution is -2.54. The summed E-state index contributed by atoms with van der Waals surface area (Å²) in [5.74, 6) is 0.132. The zero-order chi connectivity index (χ0) is 15.5. The Morgan fingerprint density at radius 1 is 1.29 bits per heavy atom. The second-order valence-electron chi connectivity index (χ2n) is 5.73. The van der Waals surface area contributed by atoms with Crippen LogP contribution in [0.4, 0.5) is 0 Å². The summed E-state index contributed by atoms with van der Waals surface area (Å²) in [5, 5.41) is 12.1. The van der Waals surface area contributed by atoms with Crippen molar-refractivity contribution >= 4 is 23.6 Å². The van der Waals surface area contributed by atoms with E-state index in [9.17, 15) is 14.7 Å². The van der Waals surface area contributed by atoms with Crippen LogP contribution in [0.15, 0.2) is 18.2 Å². The predicted octanol–water partition coefficient (Wildman–Crippen LogP) is 2.31. The van der Waals surface area contributed by atoms with E-state index in [4.69, 9.17) is 0 Å². The molecule has 2 N–H and O–H groups in total. The van der Waals surface area contributed by atoms with Gasteiger partial charge >= 0.3 is 5.97 Å². The molecule has 5 heteroatoms. The molecular formula is C16H21NO3S. The first kappa shape index (κ1) is 15.9. The smallest absolute Gasteiger partial charge is 0.330 e. The number of rotatable bonds is 5. The molecule has 0 bridgehead atoms. The van der Waals surface area contributed by atoms with Crippen LogP contribution in [-0.4, -0.2) is 34.0 Å². The van der Waals surface area contributed by atoms with Gasteiger partial charge in [0.2, 0.25) is 5.91 Å². The van der Waals surface area contributed by atoms with E-state index in [0.717, 1.165) is 11.3 Å². The van der Waals surface area contributed by atoms with Crippen LogP contribution in [0, 0.1) is 13.8 Å². The van der Waals surface area contributed by atoms with Crippen LogP contribution < -0.4 is 5.32 Å². The average molecular weight is 307 g/mol. The largest absolute Gasteiger partial charge is 0.479 e. The van der Waals surface area contributed by atoms with Crippen molar-refractivity contribution in [2.24, 2.45) is 0 Å². The maximum absolute atomic E-state index is 12.1. The Hall–Kier alpha value is -1.49. The fourth-order valence-electron chi connectivity index (χ4n) is 2.69. The van der Waals surface area contributed by atoms with Crippen molar-refractivity contribution in [3.8, 4) is 0 Å². The van der Waals surface area contributed by atoms with Gasteiger partial charge in [-0.25, -0.2) is 4.79 Å². The molecule has 1 unspecified atom stereocenters.